The van der Waals surface area contributed by atoms with E-state index in [2.05, 4.69) is 16.8 Å². The lowest BCUT2D eigenvalue weighted by atomic mass is 10.2. The van der Waals surface area contributed by atoms with Crippen LogP contribution in [0.1, 0.15) is 18.9 Å². The van der Waals surface area contributed by atoms with Crippen molar-refractivity contribution in [3.63, 3.8) is 0 Å². The van der Waals surface area contributed by atoms with Crippen LogP contribution in [0.15, 0.2) is 16.8 Å². The zero-order valence-corrected chi connectivity index (χ0v) is 10.6. The standard InChI is InChI=1S/C12H16N2O2S/c1-2-14-11(15)7-10(12(14)16)13-5-3-9-4-6-17-8-9/h4,6,8,10,13H,2-3,5,7H2,1H3. The third-order valence-electron chi connectivity index (χ3n) is 2.94. The quantitative estimate of drug-likeness (QED) is 0.796. The molecule has 1 N–H and O–H groups in total. The van der Waals surface area contributed by atoms with E-state index in [1.54, 1.807) is 11.3 Å². The maximum atomic E-state index is 11.8. The minimum Gasteiger partial charge on any atom is -0.305 e. The van der Waals surface area contributed by atoms with Gasteiger partial charge in [-0.25, -0.2) is 0 Å². The molecule has 2 rings (SSSR count). The lowest BCUT2D eigenvalue weighted by molar-refractivity contribution is -0.138. The Labute approximate surface area is 105 Å². The molecule has 92 valence electrons. The summed E-state index contributed by atoms with van der Waals surface area (Å²) in [6.07, 6.45) is 1.20. The topological polar surface area (TPSA) is 49.4 Å². The second-order valence-electron chi connectivity index (χ2n) is 4.07. The Balaban J connectivity index is 1.80. The summed E-state index contributed by atoms with van der Waals surface area (Å²) in [6.45, 7) is 3.03. The van der Waals surface area contributed by atoms with Gasteiger partial charge in [-0.15, -0.1) is 0 Å². The largest absolute Gasteiger partial charge is 0.305 e. The molecule has 17 heavy (non-hydrogen) atoms. The van der Waals surface area contributed by atoms with Crippen LogP contribution in [0, 0.1) is 0 Å². The highest BCUT2D eigenvalue weighted by Gasteiger charge is 2.36. The summed E-state index contributed by atoms with van der Waals surface area (Å²) in [6, 6.07) is 1.76. The second-order valence-corrected chi connectivity index (χ2v) is 4.85. The number of nitrogens with one attached hydrogen (secondary N) is 1. The minimum atomic E-state index is -0.318. The molecule has 5 heteroatoms. The number of hydrogen-bond acceptors (Lipinski definition) is 4. The van der Waals surface area contributed by atoms with E-state index >= 15 is 0 Å². The number of likely N-dealkylation sites (N-methyl/N-ethyl adjacent to an activating group) is 1. The Morgan fingerprint density at radius 3 is 2.94 bits per heavy atom. The molecule has 1 aromatic rings. The van der Waals surface area contributed by atoms with E-state index in [-0.39, 0.29) is 17.9 Å². The number of carbonyl (C=O) groups is 2. The number of carbonyl (C=O) groups excluding carboxylic acids is 2. The Hall–Kier alpha value is -1.20. The van der Waals surface area contributed by atoms with Crippen LogP contribution in [0.2, 0.25) is 0 Å². The lowest BCUT2D eigenvalue weighted by Gasteiger charge is -2.12. The third-order valence-corrected chi connectivity index (χ3v) is 3.68. The molecule has 0 spiro atoms. The van der Waals surface area contributed by atoms with Crippen LogP contribution in [0.4, 0.5) is 0 Å². The van der Waals surface area contributed by atoms with E-state index in [1.165, 1.54) is 10.5 Å². The number of likely N-dealkylation sites (tertiary alicyclic amines) is 1. The molecule has 1 aliphatic rings. The van der Waals surface area contributed by atoms with E-state index < -0.39 is 0 Å². The van der Waals surface area contributed by atoms with Gasteiger partial charge in [-0.05, 0) is 42.3 Å². The second kappa shape index (κ2) is 5.42. The molecule has 4 nitrogen and oxygen atoms in total. The van der Waals surface area contributed by atoms with E-state index in [1.807, 2.05) is 12.3 Å². The smallest absolute Gasteiger partial charge is 0.246 e. The van der Waals surface area contributed by atoms with Crippen LogP contribution >= 0.6 is 11.3 Å². The van der Waals surface area contributed by atoms with Crippen molar-refractivity contribution in [1.82, 2.24) is 10.2 Å². The molecule has 0 radical (unpaired) electrons. The van der Waals surface area contributed by atoms with Crippen LogP contribution in [-0.2, 0) is 16.0 Å². The predicted octanol–water partition coefficient (Wildman–Crippen LogP) is 1.03. The first kappa shape index (κ1) is 12.3. The van der Waals surface area contributed by atoms with Gasteiger partial charge in [-0.1, -0.05) is 0 Å². The Morgan fingerprint density at radius 1 is 1.53 bits per heavy atom. The molecule has 1 aliphatic heterocycles. The van der Waals surface area contributed by atoms with Crippen molar-refractivity contribution in [2.45, 2.75) is 25.8 Å². The van der Waals surface area contributed by atoms with Gasteiger partial charge in [-0.2, -0.15) is 11.3 Å². The van der Waals surface area contributed by atoms with Gasteiger partial charge in [0.15, 0.2) is 0 Å². The summed E-state index contributed by atoms with van der Waals surface area (Å²) in [5.41, 5.74) is 1.27. The zero-order valence-electron chi connectivity index (χ0n) is 9.81. The first-order chi connectivity index (χ1) is 8.22. The number of thiophene rings is 1. The van der Waals surface area contributed by atoms with Crippen molar-refractivity contribution >= 4 is 23.2 Å². The SMILES string of the molecule is CCN1C(=O)CC(NCCc2ccsc2)C1=O. The molecule has 1 aromatic heterocycles. The highest BCUT2D eigenvalue weighted by atomic mass is 32.1. The maximum Gasteiger partial charge on any atom is 0.246 e. The molecular weight excluding hydrogens is 236 g/mol. The Morgan fingerprint density at radius 2 is 2.35 bits per heavy atom. The van der Waals surface area contributed by atoms with Crippen LogP contribution in [0.25, 0.3) is 0 Å². The van der Waals surface area contributed by atoms with E-state index in [0.29, 0.717) is 13.0 Å². The molecular formula is C12H16N2O2S. The molecule has 0 aromatic carbocycles. The summed E-state index contributed by atoms with van der Waals surface area (Å²) < 4.78 is 0. The summed E-state index contributed by atoms with van der Waals surface area (Å²) in [4.78, 5) is 24.6. The fraction of sp³-hybridized carbons (Fsp3) is 0.500. The van der Waals surface area contributed by atoms with Gasteiger partial charge in [0.25, 0.3) is 0 Å². The van der Waals surface area contributed by atoms with Crippen molar-refractivity contribution in [3.05, 3.63) is 22.4 Å². The van der Waals surface area contributed by atoms with Gasteiger partial charge >= 0.3 is 0 Å². The van der Waals surface area contributed by atoms with Crippen molar-refractivity contribution in [2.75, 3.05) is 13.1 Å². The van der Waals surface area contributed by atoms with Crippen LogP contribution in [0.5, 0.6) is 0 Å². The monoisotopic (exact) mass is 252 g/mol. The molecule has 1 atom stereocenters. The zero-order chi connectivity index (χ0) is 12.3. The molecule has 0 bridgehead atoms. The number of imide groups is 1. The molecule has 1 fully saturated rings. The van der Waals surface area contributed by atoms with Crippen LogP contribution < -0.4 is 5.32 Å². The van der Waals surface area contributed by atoms with Gasteiger partial charge in [0, 0.05) is 6.54 Å². The van der Waals surface area contributed by atoms with Crippen molar-refractivity contribution in [2.24, 2.45) is 0 Å². The average Bonchev–Trinajstić information content (AvgIpc) is 2.89. The van der Waals surface area contributed by atoms with Gasteiger partial charge < -0.3 is 5.32 Å². The molecule has 0 saturated carbocycles. The van der Waals surface area contributed by atoms with Gasteiger partial charge in [-0.3, -0.25) is 14.5 Å². The number of rotatable bonds is 5. The molecule has 0 aliphatic carbocycles. The average molecular weight is 252 g/mol. The maximum absolute atomic E-state index is 11.8. The first-order valence-corrected chi connectivity index (χ1v) is 6.75. The number of hydrogen-bond donors (Lipinski definition) is 1. The Kier molecular flexibility index (Phi) is 3.91. The van der Waals surface area contributed by atoms with Crippen molar-refractivity contribution < 1.29 is 9.59 Å². The van der Waals surface area contributed by atoms with Crippen LogP contribution in [-0.4, -0.2) is 35.8 Å². The van der Waals surface area contributed by atoms with Gasteiger partial charge in [0.2, 0.25) is 11.8 Å². The highest BCUT2D eigenvalue weighted by molar-refractivity contribution is 7.07. The van der Waals surface area contributed by atoms with E-state index in [9.17, 15) is 9.59 Å². The molecule has 2 heterocycles. The van der Waals surface area contributed by atoms with Crippen molar-refractivity contribution in [1.29, 1.82) is 0 Å². The fourth-order valence-corrected chi connectivity index (χ4v) is 2.70. The van der Waals surface area contributed by atoms with Crippen molar-refractivity contribution in [3.8, 4) is 0 Å². The fourth-order valence-electron chi connectivity index (χ4n) is 2.00. The summed E-state index contributed by atoms with van der Waals surface area (Å²) >= 11 is 1.67. The lowest BCUT2D eigenvalue weighted by Crippen LogP contribution is -2.39. The number of nitrogens with zero attached hydrogens (tertiary/aromatic N) is 1. The Bertz CT molecular complexity index is 403. The molecule has 1 unspecified atom stereocenters. The first-order valence-electron chi connectivity index (χ1n) is 5.81. The predicted molar refractivity (Wildman–Crippen MR) is 66.8 cm³/mol. The molecule has 1 saturated heterocycles. The minimum absolute atomic E-state index is 0.0643. The van der Waals surface area contributed by atoms with Gasteiger partial charge in [0.05, 0.1) is 12.5 Å². The van der Waals surface area contributed by atoms with E-state index in [4.69, 9.17) is 0 Å². The number of amides is 2. The van der Waals surface area contributed by atoms with E-state index in [0.717, 1.165) is 13.0 Å². The van der Waals surface area contributed by atoms with Gasteiger partial charge in [0.1, 0.15) is 0 Å². The third kappa shape index (κ3) is 2.73. The summed E-state index contributed by atoms with van der Waals surface area (Å²) in [5.74, 6) is -0.145. The normalized spacial score (nSPS) is 20.3. The molecule has 2 amide bonds. The van der Waals surface area contributed by atoms with Crippen LogP contribution in [0.3, 0.4) is 0 Å². The summed E-state index contributed by atoms with van der Waals surface area (Å²) in [5, 5.41) is 7.30. The summed E-state index contributed by atoms with van der Waals surface area (Å²) in [7, 11) is 0. The highest BCUT2D eigenvalue weighted by Crippen LogP contribution is 2.12.